The topological polar surface area (TPSA) is 32.3 Å². The maximum absolute atomic E-state index is 12.3. The van der Waals surface area contributed by atoms with Gasteiger partial charge in [-0.1, -0.05) is 55.3 Å². The fourth-order valence-corrected chi connectivity index (χ4v) is 2.85. The van der Waals surface area contributed by atoms with E-state index in [1.807, 2.05) is 47.4 Å². The summed E-state index contributed by atoms with van der Waals surface area (Å²) in [5.74, 6) is 0. The molecule has 114 valence electrons. The van der Waals surface area contributed by atoms with Crippen LogP contribution in [0.2, 0.25) is 0 Å². The molecule has 0 bridgehead atoms. The van der Waals surface area contributed by atoms with Crippen LogP contribution in [-0.2, 0) is 0 Å². The number of anilines is 1. The normalized spacial score (nSPS) is 15.2. The number of hydrogen-bond donors (Lipinski definition) is 1. The number of rotatable bonds is 2. The number of amides is 2. The molecule has 22 heavy (non-hydrogen) atoms. The van der Waals surface area contributed by atoms with Gasteiger partial charge in [-0.25, -0.2) is 4.79 Å². The van der Waals surface area contributed by atoms with Gasteiger partial charge in [0.1, 0.15) is 0 Å². The second-order valence-corrected chi connectivity index (χ2v) is 5.77. The van der Waals surface area contributed by atoms with Crippen molar-refractivity contribution in [3.63, 3.8) is 0 Å². The van der Waals surface area contributed by atoms with E-state index in [-0.39, 0.29) is 6.03 Å². The highest BCUT2D eigenvalue weighted by Gasteiger charge is 2.15. The Hall–Kier alpha value is -2.29. The first-order chi connectivity index (χ1) is 10.8. The molecule has 1 aliphatic heterocycles. The molecular formula is C19H22N2O. The van der Waals surface area contributed by atoms with Crippen LogP contribution in [-0.4, -0.2) is 24.0 Å². The summed E-state index contributed by atoms with van der Waals surface area (Å²) in [5.41, 5.74) is 3.20. The molecule has 2 aromatic carbocycles. The lowest BCUT2D eigenvalue weighted by atomic mass is 10.1. The Labute approximate surface area is 132 Å². The Morgan fingerprint density at radius 3 is 2.00 bits per heavy atom. The van der Waals surface area contributed by atoms with E-state index in [2.05, 4.69) is 17.4 Å². The number of nitrogens with one attached hydrogen (secondary N) is 1. The van der Waals surface area contributed by atoms with Gasteiger partial charge in [0.05, 0.1) is 0 Å². The molecule has 0 aliphatic carbocycles. The predicted octanol–water partition coefficient (Wildman–Crippen LogP) is 4.76. The monoisotopic (exact) mass is 294 g/mol. The minimum Gasteiger partial charge on any atom is -0.325 e. The molecule has 0 unspecified atom stereocenters. The first-order valence-corrected chi connectivity index (χ1v) is 8.04. The standard InChI is InChI=1S/C19H22N2O/c22-19(21-14-6-1-2-7-15-21)20-18-12-10-17(11-13-18)16-8-4-3-5-9-16/h3-5,8-13H,1-2,6-7,14-15H2,(H,20,22). The van der Waals surface area contributed by atoms with Crippen LogP contribution in [0.15, 0.2) is 54.6 Å². The van der Waals surface area contributed by atoms with Crippen molar-refractivity contribution < 1.29 is 4.79 Å². The maximum atomic E-state index is 12.3. The summed E-state index contributed by atoms with van der Waals surface area (Å²) < 4.78 is 0. The molecule has 0 aromatic heterocycles. The van der Waals surface area contributed by atoms with Crippen LogP contribution in [0.1, 0.15) is 25.7 Å². The van der Waals surface area contributed by atoms with Crippen LogP contribution in [0.4, 0.5) is 10.5 Å². The third kappa shape index (κ3) is 3.67. The van der Waals surface area contributed by atoms with Crippen LogP contribution in [0, 0.1) is 0 Å². The van der Waals surface area contributed by atoms with E-state index in [0.29, 0.717) is 0 Å². The summed E-state index contributed by atoms with van der Waals surface area (Å²) in [6.45, 7) is 1.74. The minimum atomic E-state index is 0.0226. The van der Waals surface area contributed by atoms with E-state index in [1.165, 1.54) is 18.4 Å². The molecule has 2 amide bonds. The Balaban J connectivity index is 1.64. The van der Waals surface area contributed by atoms with Gasteiger partial charge in [-0.2, -0.15) is 0 Å². The zero-order chi connectivity index (χ0) is 15.2. The largest absolute Gasteiger partial charge is 0.325 e. The third-order valence-electron chi connectivity index (χ3n) is 4.14. The van der Waals surface area contributed by atoms with Gasteiger partial charge in [0.15, 0.2) is 0 Å². The molecule has 0 saturated carbocycles. The zero-order valence-electron chi connectivity index (χ0n) is 12.8. The second kappa shape index (κ2) is 7.12. The van der Waals surface area contributed by atoms with Gasteiger partial charge in [-0.3, -0.25) is 0 Å². The number of carbonyl (C=O) groups is 1. The lowest BCUT2D eigenvalue weighted by Gasteiger charge is -2.20. The van der Waals surface area contributed by atoms with Crippen molar-refractivity contribution in [2.75, 3.05) is 18.4 Å². The number of nitrogens with zero attached hydrogens (tertiary/aromatic N) is 1. The lowest BCUT2D eigenvalue weighted by molar-refractivity contribution is 0.214. The molecule has 1 aliphatic rings. The van der Waals surface area contributed by atoms with Crippen LogP contribution in [0.3, 0.4) is 0 Å². The fourth-order valence-electron chi connectivity index (χ4n) is 2.85. The highest BCUT2D eigenvalue weighted by atomic mass is 16.2. The Morgan fingerprint density at radius 1 is 0.773 bits per heavy atom. The first kappa shape index (κ1) is 14.6. The smallest absolute Gasteiger partial charge is 0.321 e. The highest BCUT2D eigenvalue weighted by Crippen LogP contribution is 2.21. The number of urea groups is 1. The van der Waals surface area contributed by atoms with Gasteiger partial charge in [0.2, 0.25) is 0 Å². The average Bonchev–Trinajstić information content (AvgIpc) is 2.86. The van der Waals surface area contributed by atoms with E-state index < -0.39 is 0 Å². The molecule has 3 heteroatoms. The van der Waals surface area contributed by atoms with Crippen molar-refractivity contribution in [3.05, 3.63) is 54.6 Å². The molecule has 0 radical (unpaired) electrons. The van der Waals surface area contributed by atoms with Crippen LogP contribution in [0.25, 0.3) is 11.1 Å². The minimum absolute atomic E-state index is 0.0226. The molecule has 0 spiro atoms. The molecule has 1 saturated heterocycles. The summed E-state index contributed by atoms with van der Waals surface area (Å²) in [4.78, 5) is 14.2. The Morgan fingerprint density at radius 2 is 1.36 bits per heavy atom. The fraction of sp³-hybridized carbons (Fsp3) is 0.316. The molecule has 3 nitrogen and oxygen atoms in total. The van der Waals surface area contributed by atoms with Gasteiger partial charge in [0, 0.05) is 18.8 Å². The van der Waals surface area contributed by atoms with E-state index >= 15 is 0 Å². The number of hydrogen-bond acceptors (Lipinski definition) is 1. The summed E-state index contributed by atoms with van der Waals surface area (Å²) in [7, 11) is 0. The number of likely N-dealkylation sites (tertiary alicyclic amines) is 1. The van der Waals surface area contributed by atoms with Crippen LogP contribution in [0.5, 0.6) is 0 Å². The second-order valence-electron chi connectivity index (χ2n) is 5.77. The molecular weight excluding hydrogens is 272 g/mol. The first-order valence-electron chi connectivity index (χ1n) is 8.04. The van der Waals surface area contributed by atoms with E-state index in [4.69, 9.17) is 0 Å². The summed E-state index contributed by atoms with van der Waals surface area (Å²) in [5, 5.41) is 3.01. The summed E-state index contributed by atoms with van der Waals surface area (Å²) in [6, 6.07) is 18.3. The van der Waals surface area contributed by atoms with Crippen molar-refractivity contribution in [1.29, 1.82) is 0 Å². The van der Waals surface area contributed by atoms with E-state index in [1.54, 1.807) is 0 Å². The van der Waals surface area contributed by atoms with Gasteiger partial charge >= 0.3 is 6.03 Å². The van der Waals surface area contributed by atoms with Crippen LogP contribution < -0.4 is 5.32 Å². The number of benzene rings is 2. The van der Waals surface area contributed by atoms with Crippen LogP contribution >= 0.6 is 0 Å². The maximum Gasteiger partial charge on any atom is 0.321 e. The van der Waals surface area contributed by atoms with Gasteiger partial charge in [0.25, 0.3) is 0 Å². The predicted molar refractivity (Wildman–Crippen MR) is 90.9 cm³/mol. The molecule has 1 fully saturated rings. The van der Waals surface area contributed by atoms with Gasteiger partial charge in [-0.15, -0.1) is 0 Å². The van der Waals surface area contributed by atoms with E-state index in [0.717, 1.165) is 37.2 Å². The molecule has 0 atom stereocenters. The van der Waals surface area contributed by atoms with Gasteiger partial charge in [-0.05, 0) is 36.1 Å². The zero-order valence-corrected chi connectivity index (χ0v) is 12.8. The molecule has 2 aromatic rings. The summed E-state index contributed by atoms with van der Waals surface area (Å²) in [6.07, 6.45) is 4.69. The van der Waals surface area contributed by atoms with E-state index in [9.17, 15) is 4.79 Å². The SMILES string of the molecule is O=C(Nc1ccc(-c2ccccc2)cc1)N1CCCCCC1. The highest BCUT2D eigenvalue weighted by molar-refractivity contribution is 5.89. The summed E-state index contributed by atoms with van der Waals surface area (Å²) >= 11 is 0. The Kier molecular flexibility index (Phi) is 4.74. The molecule has 3 rings (SSSR count). The van der Waals surface area contributed by atoms with Crippen molar-refractivity contribution in [2.24, 2.45) is 0 Å². The Bertz CT molecular complexity index is 599. The van der Waals surface area contributed by atoms with Crippen molar-refractivity contribution in [3.8, 4) is 11.1 Å². The molecule has 1 N–H and O–H groups in total. The third-order valence-corrected chi connectivity index (χ3v) is 4.14. The van der Waals surface area contributed by atoms with Crippen molar-refractivity contribution in [1.82, 2.24) is 4.90 Å². The quantitative estimate of drug-likeness (QED) is 0.850. The van der Waals surface area contributed by atoms with Crippen molar-refractivity contribution >= 4 is 11.7 Å². The van der Waals surface area contributed by atoms with Gasteiger partial charge < -0.3 is 10.2 Å². The average molecular weight is 294 g/mol. The van der Waals surface area contributed by atoms with Crippen molar-refractivity contribution in [2.45, 2.75) is 25.7 Å². The lowest BCUT2D eigenvalue weighted by Crippen LogP contribution is -2.35. The molecule has 1 heterocycles. The number of carbonyl (C=O) groups excluding carboxylic acids is 1.